The molecule has 0 aliphatic carbocycles. The second kappa shape index (κ2) is 9.26. The summed E-state index contributed by atoms with van der Waals surface area (Å²) in [5.41, 5.74) is 4.74. The number of hydrogen-bond acceptors (Lipinski definition) is 5. The van der Waals surface area contributed by atoms with E-state index in [-0.39, 0.29) is 5.57 Å². The van der Waals surface area contributed by atoms with Crippen molar-refractivity contribution < 1.29 is 23.8 Å². The van der Waals surface area contributed by atoms with Crippen LogP contribution in [0.25, 0.3) is 6.08 Å². The van der Waals surface area contributed by atoms with Crippen LogP contribution in [-0.2, 0) is 16.2 Å². The highest BCUT2D eigenvalue weighted by Gasteiger charge is 2.34. The fourth-order valence-corrected chi connectivity index (χ4v) is 3.34. The second-order valence-electron chi connectivity index (χ2n) is 7.00. The van der Waals surface area contributed by atoms with E-state index in [0.717, 1.165) is 5.56 Å². The van der Waals surface area contributed by atoms with Crippen molar-refractivity contribution in [3.05, 3.63) is 89.5 Å². The molecule has 1 N–H and O–H groups in total. The third-order valence-corrected chi connectivity index (χ3v) is 4.93. The molecule has 2 amide bonds. The number of methoxy groups -OCH3 is 2. The van der Waals surface area contributed by atoms with Crippen LogP contribution < -0.4 is 24.6 Å². The number of ether oxygens (including phenoxy) is 3. The fourth-order valence-electron chi connectivity index (χ4n) is 3.34. The summed E-state index contributed by atoms with van der Waals surface area (Å²) in [5.74, 6) is 0.370. The van der Waals surface area contributed by atoms with Gasteiger partial charge >= 0.3 is 0 Å². The number of carbonyl (C=O) groups is 2. The van der Waals surface area contributed by atoms with E-state index >= 15 is 0 Å². The van der Waals surface area contributed by atoms with Crippen molar-refractivity contribution in [2.24, 2.45) is 0 Å². The standard InChI is InChI=1S/C25H22N2O5/c1-30-21-14-18(15-22(31-2)23(21)32-16-17-9-5-3-6-10-17)13-20-24(28)26-27(25(20)29)19-11-7-4-8-12-19/h3-15H,16H2,1-2H3,(H,26,28). The highest BCUT2D eigenvalue weighted by atomic mass is 16.5. The Hall–Kier alpha value is -4.26. The SMILES string of the molecule is COc1cc(C=C2C(=O)NN(c3ccccc3)C2=O)cc(OC)c1OCc1ccccc1. The zero-order valence-electron chi connectivity index (χ0n) is 17.7. The number of rotatable bonds is 7. The molecule has 1 fully saturated rings. The third-order valence-electron chi connectivity index (χ3n) is 4.93. The Morgan fingerprint density at radius 3 is 2.06 bits per heavy atom. The predicted octanol–water partition coefficient (Wildman–Crippen LogP) is 3.74. The van der Waals surface area contributed by atoms with Gasteiger partial charge in [0.15, 0.2) is 11.5 Å². The molecule has 4 rings (SSSR count). The highest BCUT2D eigenvalue weighted by molar-refractivity contribution is 6.31. The van der Waals surface area contributed by atoms with Gasteiger partial charge in [0.2, 0.25) is 5.75 Å². The molecule has 0 bridgehead atoms. The maximum Gasteiger partial charge on any atom is 0.282 e. The molecular weight excluding hydrogens is 408 g/mol. The van der Waals surface area contributed by atoms with Crippen molar-refractivity contribution in [1.29, 1.82) is 0 Å². The van der Waals surface area contributed by atoms with Gasteiger partial charge in [-0.15, -0.1) is 0 Å². The quantitative estimate of drug-likeness (QED) is 0.456. The van der Waals surface area contributed by atoms with Crippen molar-refractivity contribution in [2.75, 3.05) is 19.2 Å². The first kappa shape index (κ1) is 21.0. The monoisotopic (exact) mass is 430 g/mol. The normalized spacial score (nSPS) is 14.4. The molecule has 0 unspecified atom stereocenters. The molecule has 162 valence electrons. The molecule has 0 saturated carbocycles. The summed E-state index contributed by atoms with van der Waals surface area (Å²) in [5, 5.41) is 1.22. The van der Waals surface area contributed by atoms with E-state index in [1.807, 2.05) is 36.4 Å². The van der Waals surface area contributed by atoms with E-state index in [4.69, 9.17) is 14.2 Å². The van der Waals surface area contributed by atoms with Crippen molar-refractivity contribution in [3.63, 3.8) is 0 Å². The Labute approximate surface area is 185 Å². The minimum atomic E-state index is -0.485. The Balaban J connectivity index is 1.63. The van der Waals surface area contributed by atoms with Crippen LogP contribution in [0.1, 0.15) is 11.1 Å². The lowest BCUT2D eigenvalue weighted by Crippen LogP contribution is -2.35. The van der Waals surface area contributed by atoms with E-state index < -0.39 is 11.8 Å². The van der Waals surface area contributed by atoms with E-state index in [1.54, 1.807) is 36.4 Å². The van der Waals surface area contributed by atoms with E-state index in [0.29, 0.717) is 35.1 Å². The summed E-state index contributed by atoms with van der Waals surface area (Å²) in [6.07, 6.45) is 1.51. The molecule has 1 aliphatic heterocycles. The average Bonchev–Trinajstić information content (AvgIpc) is 3.12. The molecule has 1 heterocycles. The molecule has 0 radical (unpaired) electrons. The van der Waals surface area contributed by atoms with Gasteiger partial charge in [0.05, 0.1) is 19.9 Å². The van der Waals surface area contributed by atoms with Crippen LogP contribution in [0.4, 0.5) is 5.69 Å². The molecular formula is C25H22N2O5. The van der Waals surface area contributed by atoms with Gasteiger partial charge in [-0.25, -0.2) is 5.01 Å². The maximum absolute atomic E-state index is 12.8. The minimum absolute atomic E-state index is 0.0101. The summed E-state index contributed by atoms with van der Waals surface area (Å²) in [7, 11) is 3.04. The molecule has 0 spiro atoms. The summed E-state index contributed by atoms with van der Waals surface area (Å²) < 4.78 is 16.9. The van der Waals surface area contributed by atoms with Crippen molar-refractivity contribution >= 4 is 23.6 Å². The topological polar surface area (TPSA) is 77.1 Å². The summed E-state index contributed by atoms with van der Waals surface area (Å²) >= 11 is 0. The molecule has 32 heavy (non-hydrogen) atoms. The lowest BCUT2D eigenvalue weighted by molar-refractivity contribution is -0.117. The number of nitrogens with zero attached hydrogens (tertiary/aromatic N) is 1. The minimum Gasteiger partial charge on any atom is -0.493 e. The molecule has 0 aromatic heterocycles. The van der Waals surface area contributed by atoms with Gasteiger partial charge in [0.25, 0.3) is 11.8 Å². The number of anilines is 1. The lowest BCUT2D eigenvalue weighted by atomic mass is 10.1. The Morgan fingerprint density at radius 1 is 0.875 bits per heavy atom. The largest absolute Gasteiger partial charge is 0.493 e. The van der Waals surface area contributed by atoms with Crippen LogP contribution >= 0.6 is 0 Å². The molecule has 1 saturated heterocycles. The average molecular weight is 430 g/mol. The number of hydrazine groups is 1. The van der Waals surface area contributed by atoms with Gasteiger partial charge in [0, 0.05) is 0 Å². The van der Waals surface area contributed by atoms with Gasteiger partial charge in [-0.2, -0.15) is 0 Å². The van der Waals surface area contributed by atoms with Crippen LogP contribution in [-0.4, -0.2) is 26.0 Å². The zero-order chi connectivity index (χ0) is 22.5. The number of hydrogen-bond donors (Lipinski definition) is 1. The van der Waals surface area contributed by atoms with Gasteiger partial charge < -0.3 is 14.2 Å². The van der Waals surface area contributed by atoms with Crippen LogP contribution in [0, 0.1) is 0 Å². The predicted molar refractivity (Wildman–Crippen MR) is 120 cm³/mol. The number of amides is 2. The first-order valence-corrected chi connectivity index (χ1v) is 9.95. The molecule has 3 aromatic rings. The second-order valence-corrected chi connectivity index (χ2v) is 7.00. The van der Waals surface area contributed by atoms with Crippen molar-refractivity contribution in [3.8, 4) is 17.2 Å². The lowest BCUT2D eigenvalue weighted by Gasteiger charge is -2.15. The fraction of sp³-hybridized carbons (Fsp3) is 0.120. The molecule has 3 aromatic carbocycles. The van der Waals surface area contributed by atoms with Crippen LogP contribution in [0.5, 0.6) is 17.2 Å². The maximum atomic E-state index is 12.8. The van der Waals surface area contributed by atoms with E-state index in [1.165, 1.54) is 25.3 Å². The van der Waals surface area contributed by atoms with Gasteiger partial charge in [-0.1, -0.05) is 48.5 Å². The van der Waals surface area contributed by atoms with Gasteiger partial charge in [-0.05, 0) is 41.5 Å². The number of para-hydroxylation sites is 1. The first-order chi connectivity index (χ1) is 15.6. The number of carbonyl (C=O) groups excluding carboxylic acids is 2. The molecule has 1 aliphatic rings. The smallest absolute Gasteiger partial charge is 0.282 e. The van der Waals surface area contributed by atoms with E-state index in [9.17, 15) is 9.59 Å². The molecule has 7 heteroatoms. The Morgan fingerprint density at radius 2 is 1.47 bits per heavy atom. The van der Waals surface area contributed by atoms with Crippen molar-refractivity contribution in [1.82, 2.24) is 5.43 Å². The van der Waals surface area contributed by atoms with Crippen LogP contribution in [0.15, 0.2) is 78.4 Å². The third kappa shape index (κ3) is 4.27. The number of nitrogens with one attached hydrogen (secondary N) is 1. The Bertz CT molecular complexity index is 1130. The van der Waals surface area contributed by atoms with Crippen molar-refractivity contribution in [2.45, 2.75) is 6.61 Å². The van der Waals surface area contributed by atoms with E-state index in [2.05, 4.69) is 5.43 Å². The Kier molecular flexibility index (Phi) is 6.07. The summed E-state index contributed by atoms with van der Waals surface area (Å²) in [6.45, 7) is 0.334. The number of benzene rings is 3. The van der Waals surface area contributed by atoms with Gasteiger partial charge in [-0.3, -0.25) is 15.0 Å². The summed E-state index contributed by atoms with van der Waals surface area (Å²) in [4.78, 5) is 25.3. The highest BCUT2D eigenvalue weighted by Crippen LogP contribution is 2.40. The first-order valence-electron chi connectivity index (χ1n) is 9.95. The van der Waals surface area contributed by atoms with Crippen LogP contribution in [0.2, 0.25) is 0 Å². The molecule has 0 atom stereocenters. The zero-order valence-corrected chi connectivity index (χ0v) is 17.7. The van der Waals surface area contributed by atoms with Crippen LogP contribution in [0.3, 0.4) is 0 Å². The summed E-state index contributed by atoms with van der Waals surface area (Å²) in [6, 6.07) is 22.0. The van der Waals surface area contributed by atoms with Gasteiger partial charge in [0.1, 0.15) is 12.2 Å². The molecule has 7 nitrogen and oxygen atoms in total.